The van der Waals surface area contributed by atoms with Crippen molar-refractivity contribution in [1.29, 1.82) is 0 Å². The number of fused-ring (bicyclic) bond motifs is 1. The van der Waals surface area contributed by atoms with Gasteiger partial charge in [-0.05, 0) is 29.4 Å². The van der Waals surface area contributed by atoms with E-state index in [0.717, 1.165) is 17.4 Å². The maximum absolute atomic E-state index is 11.0. The lowest BCUT2D eigenvalue weighted by molar-refractivity contribution is -0.383. The second-order valence-corrected chi connectivity index (χ2v) is 4.71. The van der Waals surface area contributed by atoms with Gasteiger partial charge in [0.25, 0.3) is 5.69 Å². The summed E-state index contributed by atoms with van der Waals surface area (Å²) in [4.78, 5) is 14.6. The standard InChI is InChI=1S/C14H17N3O2/c1-3-13(15)9(2)10-4-5-14(17(18)19)12-8-16-7-6-11(10)12/h4-9,13H,3,15H2,1-2H3. The molecule has 1 aromatic carbocycles. The fourth-order valence-electron chi connectivity index (χ4n) is 2.34. The predicted octanol–water partition coefficient (Wildman–Crippen LogP) is 2.98. The number of nitro groups is 1. The van der Waals surface area contributed by atoms with Crippen LogP contribution in [0.3, 0.4) is 0 Å². The van der Waals surface area contributed by atoms with Crippen LogP contribution in [0, 0.1) is 10.1 Å². The van der Waals surface area contributed by atoms with Crippen LogP contribution < -0.4 is 5.73 Å². The lowest BCUT2D eigenvalue weighted by Crippen LogP contribution is -2.25. The zero-order valence-electron chi connectivity index (χ0n) is 11.0. The Balaban J connectivity index is 2.65. The molecule has 0 aliphatic rings. The summed E-state index contributed by atoms with van der Waals surface area (Å²) in [6, 6.07) is 5.20. The molecule has 0 fully saturated rings. The van der Waals surface area contributed by atoms with Crippen LogP contribution in [-0.2, 0) is 0 Å². The first-order valence-electron chi connectivity index (χ1n) is 6.32. The number of hydrogen-bond acceptors (Lipinski definition) is 4. The van der Waals surface area contributed by atoms with Crippen molar-refractivity contribution in [3.63, 3.8) is 0 Å². The van der Waals surface area contributed by atoms with Crippen LogP contribution in [0.5, 0.6) is 0 Å². The molecule has 2 unspecified atom stereocenters. The molecule has 0 radical (unpaired) electrons. The molecule has 0 aliphatic heterocycles. The number of aromatic nitrogens is 1. The number of non-ortho nitro benzene ring substituents is 1. The Bertz CT molecular complexity index is 613. The molecule has 0 saturated heterocycles. The minimum absolute atomic E-state index is 0.0396. The molecule has 0 aliphatic carbocycles. The Hall–Kier alpha value is -2.01. The van der Waals surface area contributed by atoms with E-state index in [9.17, 15) is 10.1 Å². The van der Waals surface area contributed by atoms with Crippen LogP contribution in [0.2, 0.25) is 0 Å². The molecule has 0 bridgehead atoms. The first kappa shape index (κ1) is 13.4. The van der Waals surface area contributed by atoms with E-state index >= 15 is 0 Å². The molecule has 0 spiro atoms. The van der Waals surface area contributed by atoms with Crippen molar-refractivity contribution in [3.05, 3.63) is 46.3 Å². The second kappa shape index (κ2) is 5.32. The van der Waals surface area contributed by atoms with Gasteiger partial charge in [0.2, 0.25) is 0 Å². The van der Waals surface area contributed by atoms with Crippen molar-refractivity contribution in [1.82, 2.24) is 4.98 Å². The highest BCUT2D eigenvalue weighted by molar-refractivity contribution is 5.92. The van der Waals surface area contributed by atoms with Crippen LogP contribution in [0.4, 0.5) is 5.69 Å². The van der Waals surface area contributed by atoms with E-state index in [0.29, 0.717) is 5.39 Å². The number of nitrogens with two attached hydrogens (primary N) is 1. The third-order valence-corrected chi connectivity index (χ3v) is 3.63. The SMILES string of the molecule is CCC(N)C(C)c1ccc([N+](=O)[O-])c2cnccc12. The predicted molar refractivity (Wildman–Crippen MR) is 75.1 cm³/mol. The highest BCUT2D eigenvalue weighted by atomic mass is 16.6. The van der Waals surface area contributed by atoms with Crippen LogP contribution >= 0.6 is 0 Å². The summed E-state index contributed by atoms with van der Waals surface area (Å²) in [6.07, 6.45) is 4.06. The lowest BCUT2D eigenvalue weighted by atomic mass is 9.89. The highest BCUT2D eigenvalue weighted by Gasteiger charge is 2.20. The average molecular weight is 259 g/mol. The van der Waals surface area contributed by atoms with E-state index in [2.05, 4.69) is 11.9 Å². The zero-order chi connectivity index (χ0) is 14.0. The maximum Gasteiger partial charge on any atom is 0.278 e. The van der Waals surface area contributed by atoms with E-state index in [1.165, 1.54) is 6.07 Å². The monoisotopic (exact) mass is 259 g/mol. The zero-order valence-corrected chi connectivity index (χ0v) is 11.0. The topological polar surface area (TPSA) is 82.0 Å². The Morgan fingerprint density at radius 3 is 2.74 bits per heavy atom. The Morgan fingerprint density at radius 1 is 1.37 bits per heavy atom. The minimum Gasteiger partial charge on any atom is -0.327 e. The second-order valence-electron chi connectivity index (χ2n) is 4.71. The number of pyridine rings is 1. The van der Waals surface area contributed by atoms with Crippen LogP contribution in [0.25, 0.3) is 10.8 Å². The van der Waals surface area contributed by atoms with Crippen molar-refractivity contribution in [2.24, 2.45) is 5.73 Å². The van der Waals surface area contributed by atoms with Gasteiger partial charge in [-0.2, -0.15) is 0 Å². The molecule has 0 saturated carbocycles. The van der Waals surface area contributed by atoms with Gasteiger partial charge in [-0.25, -0.2) is 0 Å². The Morgan fingerprint density at radius 2 is 2.11 bits per heavy atom. The van der Waals surface area contributed by atoms with Gasteiger partial charge >= 0.3 is 0 Å². The van der Waals surface area contributed by atoms with E-state index in [1.54, 1.807) is 18.5 Å². The van der Waals surface area contributed by atoms with Crippen molar-refractivity contribution in [3.8, 4) is 0 Å². The third kappa shape index (κ3) is 2.42. The van der Waals surface area contributed by atoms with Gasteiger partial charge in [-0.15, -0.1) is 0 Å². The molecule has 1 aromatic heterocycles. The molecule has 0 amide bonds. The largest absolute Gasteiger partial charge is 0.327 e. The lowest BCUT2D eigenvalue weighted by Gasteiger charge is -2.20. The van der Waals surface area contributed by atoms with Gasteiger partial charge in [0.05, 0.1) is 10.3 Å². The quantitative estimate of drug-likeness (QED) is 0.676. The molecule has 5 nitrogen and oxygen atoms in total. The van der Waals surface area contributed by atoms with E-state index in [-0.39, 0.29) is 22.6 Å². The number of nitrogens with zero attached hydrogens (tertiary/aromatic N) is 2. The van der Waals surface area contributed by atoms with Gasteiger partial charge in [-0.1, -0.05) is 19.9 Å². The summed E-state index contributed by atoms with van der Waals surface area (Å²) >= 11 is 0. The highest BCUT2D eigenvalue weighted by Crippen LogP contribution is 2.32. The molecular weight excluding hydrogens is 242 g/mol. The van der Waals surface area contributed by atoms with Crippen molar-refractivity contribution in [2.75, 3.05) is 0 Å². The summed E-state index contributed by atoms with van der Waals surface area (Å²) in [5.41, 5.74) is 7.21. The summed E-state index contributed by atoms with van der Waals surface area (Å²) in [5.74, 6) is 0.149. The smallest absolute Gasteiger partial charge is 0.278 e. The molecule has 19 heavy (non-hydrogen) atoms. The maximum atomic E-state index is 11.0. The molecular formula is C14H17N3O2. The summed E-state index contributed by atoms with van der Waals surface area (Å²) in [7, 11) is 0. The summed E-state index contributed by atoms with van der Waals surface area (Å²) < 4.78 is 0. The van der Waals surface area contributed by atoms with Crippen molar-refractivity contribution in [2.45, 2.75) is 32.2 Å². The molecule has 1 heterocycles. The van der Waals surface area contributed by atoms with Crippen LogP contribution in [0.15, 0.2) is 30.6 Å². The van der Waals surface area contributed by atoms with E-state index < -0.39 is 0 Å². The molecule has 5 heteroatoms. The number of rotatable bonds is 4. The number of benzene rings is 1. The molecule has 2 atom stereocenters. The van der Waals surface area contributed by atoms with E-state index in [1.807, 2.05) is 13.0 Å². The fourth-order valence-corrected chi connectivity index (χ4v) is 2.34. The minimum atomic E-state index is -0.377. The molecule has 2 N–H and O–H groups in total. The Kier molecular flexibility index (Phi) is 3.76. The first-order valence-corrected chi connectivity index (χ1v) is 6.32. The van der Waals surface area contributed by atoms with Gasteiger partial charge < -0.3 is 5.73 Å². The molecule has 100 valence electrons. The Labute approximate surface area is 111 Å². The normalized spacial score (nSPS) is 14.3. The van der Waals surface area contributed by atoms with Gasteiger partial charge in [-0.3, -0.25) is 15.1 Å². The van der Waals surface area contributed by atoms with Crippen LogP contribution in [-0.4, -0.2) is 15.9 Å². The third-order valence-electron chi connectivity index (χ3n) is 3.63. The summed E-state index contributed by atoms with van der Waals surface area (Å²) in [6.45, 7) is 4.09. The van der Waals surface area contributed by atoms with Gasteiger partial charge in [0.1, 0.15) is 0 Å². The van der Waals surface area contributed by atoms with Gasteiger partial charge in [0.15, 0.2) is 0 Å². The fraction of sp³-hybridized carbons (Fsp3) is 0.357. The van der Waals surface area contributed by atoms with Crippen molar-refractivity contribution >= 4 is 16.5 Å². The average Bonchev–Trinajstić information content (AvgIpc) is 2.44. The number of nitro benzene ring substituents is 1. The summed E-state index contributed by atoms with van der Waals surface area (Å²) in [5, 5.41) is 12.5. The number of hydrogen-bond donors (Lipinski definition) is 1. The van der Waals surface area contributed by atoms with E-state index in [4.69, 9.17) is 5.73 Å². The molecule has 2 aromatic rings. The molecule has 2 rings (SSSR count). The van der Waals surface area contributed by atoms with Gasteiger partial charge in [0, 0.05) is 24.5 Å². The van der Waals surface area contributed by atoms with Crippen LogP contribution in [0.1, 0.15) is 31.7 Å². The first-order chi connectivity index (χ1) is 9.06. The van der Waals surface area contributed by atoms with Crippen molar-refractivity contribution < 1.29 is 4.92 Å².